The predicted molar refractivity (Wildman–Crippen MR) is 99.4 cm³/mol. The smallest absolute Gasteiger partial charge is 0.0630 e. The molecule has 0 atom stereocenters. The van der Waals surface area contributed by atoms with E-state index in [4.69, 9.17) is 11.1 Å². The molecule has 0 nitrogen and oxygen atoms in total. The molecule has 0 aromatic heterocycles. The molecule has 0 amide bonds. The first kappa shape index (κ1) is 29.4. The quantitative estimate of drug-likeness (QED) is 0.285. The third-order valence-corrected chi connectivity index (χ3v) is 4.36. The van der Waals surface area contributed by atoms with Gasteiger partial charge in [0.25, 0.3) is 0 Å². The third-order valence-electron chi connectivity index (χ3n) is 4.36. The van der Waals surface area contributed by atoms with Crippen molar-refractivity contribution in [2.45, 2.75) is 61.9 Å². The number of halogens is 3. The van der Waals surface area contributed by atoms with Crippen molar-refractivity contribution in [3.05, 3.63) is 56.6 Å². The predicted octanol–water partition coefficient (Wildman–Crippen LogP) is 0.176. The van der Waals surface area contributed by atoms with E-state index in [1.807, 2.05) is 0 Å². The molecule has 0 N–H and O–H groups in total. The van der Waals surface area contributed by atoms with Crippen LogP contribution in [0.3, 0.4) is 0 Å². The van der Waals surface area contributed by atoms with Crippen LogP contribution in [0.15, 0.2) is 12.1 Å². The second-order valence-electron chi connectivity index (χ2n) is 6.05. The van der Waals surface area contributed by atoms with Gasteiger partial charge in [0.05, 0.1) is 0 Å². The van der Waals surface area contributed by atoms with Gasteiger partial charge in [-0.2, -0.15) is 56.6 Å². The van der Waals surface area contributed by atoms with E-state index in [0.29, 0.717) is 0 Å². The molecule has 0 unspecified atom stereocenters. The van der Waals surface area contributed by atoms with Gasteiger partial charge in [0, 0.05) is 0 Å². The molecule has 0 aliphatic heterocycles. The molecule has 0 radical (unpaired) electrons. The zero-order valence-electron chi connectivity index (χ0n) is 16.3. The fourth-order valence-corrected chi connectivity index (χ4v) is 2.27. The van der Waals surface area contributed by atoms with Crippen LogP contribution in [0.1, 0.15) is 44.5 Å². The summed E-state index contributed by atoms with van der Waals surface area (Å²) in [6.07, 6.45) is 0. The van der Waals surface area contributed by atoms with Crippen molar-refractivity contribution in [2.24, 2.45) is 0 Å². The molecule has 0 aliphatic carbocycles. The molecule has 0 aliphatic rings. The van der Waals surface area contributed by atoms with Crippen LogP contribution in [-0.4, -0.2) is 4.74 Å². The Morgan fingerprint density at radius 3 is 1.04 bits per heavy atom. The number of aryl methyl sites for hydroxylation is 4. The van der Waals surface area contributed by atoms with Crippen LogP contribution in [0.4, 0.5) is 0 Å². The normalized spacial score (nSPS) is 8.83. The second-order valence-corrected chi connectivity index (χ2v) is 16.7. The zero-order chi connectivity index (χ0) is 17.6. The average molecular weight is 483 g/mol. The molecule has 24 heavy (non-hydrogen) atoms. The fourth-order valence-electron chi connectivity index (χ4n) is 2.27. The Morgan fingerprint density at radius 2 is 1.00 bits per heavy atom. The topological polar surface area (TPSA) is 0 Å². The van der Waals surface area contributed by atoms with E-state index >= 15 is 0 Å². The maximum absolute atomic E-state index is 5.42. The summed E-state index contributed by atoms with van der Waals surface area (Å²) in [5.74, 6) is 0. The Bertz CT molecular complexity index is 540. The SMILES string of the molecule is C[Si](Cl)=[Zr+2].Cc1c[c-](C)c(C)c1C.Cc1c[c-](C)c(C)c1C.[Cl-].[Cl-]. The maximum Gasteiger partial charge on any atom is -0.0630 e. The first-order valence-corrected chi connectivity index (χ1v) is 14.3. The summed E-state index contributed by atoms with van der Waals surface area (Å²) in [4.78, 5) is 0. The molecule has 0 spiro atoms. The van der Waals surface area contributed by atoms with Gasteiger partial charge in [-0.15, -0.1) is 0 Å². The standard InChI is InChI=1S/2C9H13.CH3ClSi.2ClH.Zr/c2*1-6-5-7(2)9(4)8(6)3;1-3-2;;;/h2*5H,1-4H3;1H3;2*1H;/q2*-1;;;;+2/p-2. The van der Waals surface area contributed by atoms with E-state index in [9.17, 15) is 0 Å². The molecule has 136 valence electrons. The summed E-state index contributed by atoms with van der Waals surface area (Å²) in [6, 6.07) is 4.48. The van der Waals surface area contributed by atoms with Crippen LogP contribution in [-0.2, 0) is 23.3 Å². The van der Waals surface area contributed by atoms with Crippen LogP contribution in [0, 0.1) is 55.4 Å². The van der Waals surface area contributed by atoms with Gasteiger partial charge < -0.3 is 24.8 Å². The maximum atomic E-state index is 5.42. The van der Waals surface area contributed by atoms with Gasteiger partial charge in [0.2, 0.25) is 0 Å². The van der Waals surface area contributed by atoms with Gasteiger partial charge in [-0.05, 0) is 0 Å². The molecule has 2 aromatic rings. The minimum Gasteiger partial charge on any atom is -1.00 e. The molecular formula is C19H29Cl3SiZr-2. The Morgan fingerprint density at radius 1 is 0.792 bits per heavy atom. The van der Waals surface area contributed by atoms with Gasteiger partial charge in [-0.1, -0.05) is 55.4 Å². The minimum absolute atomic E-state index is 0. The van der Waals surface area contributed by atoms with E-state index in [-0.39, 0.29) is 29.6 Å². The first-order valence-electron chi connectivity index (χ1n) is 7.59. The summed E-state index contributed by atoms with van der Waals surface area (Å²) in [6.45, 7) is 19.4. The third kappa shape index (κ3) is 9.97. The minimum atomic E-state index is -0.317. The van der Waals surface area contributed by atoms with Crippen LogP contribution in [0.25, 0.3) is 0 Å². The van der Waals surface area contributed by atoms with Crippen molar-refractivity contribution in [1.82, 2.24) is 0 Å². The molecule has 0 bridgehead atoms. The van der Waals surface area contributed by atoms with Crippen molar-refractivity contribution >= 4 is 15.8 Å². The molecule has 0 saturated heterocycles. The average Bonchev–Trinajstić information content (AvgIpc) is 2.75. The van der Waals surface area contributed by atoms with Crippen LogP contribution in [0.2, 0.25) is 6.55 Å². The fraction of sp³-hybridized carbons (Fsp3) is 0.474. The Hall–Kier alpha value is 0.670. The van der Waals surface area contributed by atoms with Crippen molar-refractivity contribution in [3.8, 4) is 0 Å². The van der Waals surface area contributed by atoms with Crippen molar-refractivity contribution < 1.29 is 48.1 Å². The summed E-state index contributed by atoms with van der Waals surface area (Å²) < 4.78 is -0.317. The number of rotatable bonds is 0. The van der Waals surface area contributed by atoms with E-state index < -0.39 is 0 Å². The van der Waals surface area contributed by atoms with E-state index in [1.54, 1.807) is 0 Å². The number of hydrogen-bond donors (Lipinski definition) is 0. The van der Waals surface area contributed by atoms with Gasteiger partial charge >= 0.3 is 45.7 Å². The summed E-state index contributed by atoms with van der Waals surface area (Å²) in [5.41, 5.74) is 11.5. The van der Waals surface area contributed by atoms with E-state index in [0.717, 1.165) is 0 Å². The largest absolute Gasteiger partial charge is 1.00 e. The van der Waals surface area contributed by atoms with Crippen molar-refractivity contribution in [2.75, 3.05) is 0 Å². The van der Waals surface area contributed by atoms with Crippen LogP contribution >= 0.6 is 11.1 Å². The first-order chi connectivity index (χ1) is 9.98. The van der Waals surface area contributed by atoms with Crippen molar-refractivity contribution in [1.29, 1.82) is 0 Å². The van der Waals surface area contributed by atoms with Gasteiger partial charge in [-0.3, -0.25) is 0 Å². The molecule has 0 heterocycles. The van der Waals surface area contributed by atoms with Gasteiger partial charge in [-0.25, -0.2) is 0 Å². The molecule has 5 heteroatoms. The summed E-state index contributed by atoms with van der Waals surface area (Å²) >= 11 is 6.92. The molecular weight excluding hydrogens is 454 g/mol. The summed E-state index contributed by atoms with van der Waals surface area (Å²) in [5, 5.41) is 0. The van der Waals surface area contributed by atoms with E-state index in [2.05, 4.69) is 74.1 Å². The van der Waals surface area contributed by atoms with E-state index in [1.165, 1.54) is 67.8 Å². The van der Waals surface area contributed by atoms with Crippen LogP contribution in [0.5, 0.6) is 0 Å². The monoisotopic (exact) mass is 480 g/mol. The Kier molecular flexibility index (Phi) is 16.9. The molecule has 2 aromatic carbocycles. The van der Waals surface area contributed by atoms with Crippen LogP contribution < -0.4 is 24.8 Å². The Labute approximate surface area is 181 Å². The Balaban J connectivity index is -0.000000283. The van der Waals surface area contributed by atoms with Crippen molar-refractivity contribution in [3.63, 3.8) is 0 Å². The summed E-state index contributed by atoms with van der Waals surface area (Å²) in [7, 11) is 0. The van der Waals surface area contributed by atoms with Gasteiger partial charge in [0.15, 0.2) is 0 Å². The molecule has 0 saturated carbocycles. The van der Waals surface area contributed by atoms with Gasteiger partial charge in [0.1, 0.15) is 0 Å². The molecule has 2 rings (SSSR count). The molecule has 0 fully saturated rings. The zero-order valence-corrected chi connectivity index (χ0v) is 22.0. The second kappa shape index (κ2) is 13.8. The number of hydrogen-bond acceptors (Lipinski definition) is 0.